The molecule has 0 unspecified atom stereocenters. The van der Waals surface area contributed by atoms with Crippen molar-refractivity contribution < 1.29 is 27.4 Å². The summed E-state index contributed by atoms with van der Waals surface area (Å²) in [6.45, 7) is 0.238. The van der Waals surface area contributed by atoms with Crippen LogP contribution in [0, 0.1) is 0 Å². The molecule has 0 fully saturated rings. The zero-order chi connectivity index (χ0) is 26.4. The molecule has 0 aliphatic rings. The first-order valence-corrected chi connectivity index (χ1v) is 13.9. The van der Waals surface area contributed by atoms with Gasteiger partial charge < -0.3 is 14.2 Å². The van der Waals surface area contributed by atoms with Gasteiger partial charge in [-0.1, -0.05) is 17.4 Å². The minimum Gasteiger partial charge on any atom is -0.497 e. The predicted molar refractivity (Wildman–Crippen MR) is 142 cm³/mol. The average Bonchev–Trinajstić information content (AvgIpc) is 3.37. The molecule has 4 rings (SSSR count). The third-order valence-corrected chi connectivity index (χ3v) is 8.63. The van der Waals surface area contributed by atoms with Gasteiger partial charge in [-0.05, 0) is 54.4 Å². The van der Waals surface area contributed by atoms with Crippen LogP contribution in [0.25, 0.3) is 10.2 Å². The summed E-state index contributed by atoms with van der Waals surface area (Å²) in [4.78, 5) is 24.0. The molecule has 11 heteroatoms. The van der Waals surface area contributed by atoms with Crippen LogP contribution in [0.4, 0.5) is 5.13 Å². The number of rotatable bonds is 11. The van der Waals surface area contributed by atoms with E-state index in [0.29, 0.717) is 27.9 Å². The number of anilines is 1. The Kier molecular flexibility index (Phi) is 8.24. The van der Waals surface area contributed by atoms with Gasteiger partial charge in [-0.25, -0.2) is 13.4 Å². The van der Waals surface area contributed by atoms with Crippen LogP contribution >= 0.6 is 11.3 Å². The van der Waals surface area contributed by atoms with Gasteiger partial charge in [0.1, 0.15) is 27.5 Å². The number of amides is 1. The van der Waals surface area contributed by atoms with Gasteiger partial charge in [0.25, 0.3) is 0 Å². The van der Waals surface area contributed by atoms with E-state index in [1.54, 1.807) is 61.8 Å². The quantitative estimate of drug-likeness (QED) is 0.273. The summed E-state index contributed by atoms with van der Waals surface area (Å²) in [6.07, 6.45) is 3.53. The van der Waals surface area contributed by atoms with Crippen molar-refractivity contribution in [1.29, 1.82) is 0 Å². The van der Waals surface area contributed by atoms with Crippen molar-refractivity contribution in [2.45, 2.75) is 24.3 Å². The van der Waals surface area contributed by atoms with Crippen LogP contribution in [0.15, 0.2) is 65.8 Å². The van der Waals surface area contributed by atoms with E-state index in [1.165, 1.54) is 30.6 Å². The Hall–Kier alpha value is -3.70. The van der Waals surface area contributed by atoms with Crippen molar-refractivity contribution >= 4 is 42.4 Å². The van der Waals surface area contributed by atoms with Crippen LogP contribution in [-0.4, -0.2) is 51.4 Å². The molecule has 0 saturated carbocycles. The number of fused-ring (bicyclic) bond motifs is 1. The van der Waals surface area contributed by atoms with E-state index >= 15 is 0 Å². The van der Waals surface area contributed by atoms with Crippen molar-refractivity contribution in [3.8, 4) is 17.2 Å². The molecule has 0 aliphatic heterocycles. The van der Waals surface area contributed by atoms with E-state index in [4.69, 9.17) is 19.2 Å². The minimum atomic E-state index is -3.55. The lowest BCUT2D eigenvalue weighted by molar-refractivity contribution is -0.118. The molecule has 0 radical (unpaired) electrons. The number of hydrogen-bond acceptors (Lipinski definition) is 9. The van der Waals surface area contributed by atoms with Gasteiger partial charge in [0.15, 0.2) is 15.0 Å². The molecule has 0 N–H and O–H groups in total. The predicted octanol–water partition coefficient (Wildman–Crippen LogP) is 4.50. The molecule has 0 atom stereocenters. The molecule has 0 saturated heterocycles. The summed E-state index contributed by atoms with van der Waals surface area (Å²) in [7, 11) is 1.10. The molecule has 1 amide bonds. The van der Waals surface area contributed by atoms with Crippen LogP contribution in [0.2, 0.25) is 0 Å². The Bertz CT molecular complexity index is 1430. The molecule has 37 heavy (non-hydrogen) atoms. The van der Waals surface area contributed by atoms with E-state index in [0.717, 1.165) is 10.3 Å². The number of sulfone groups is 1. The van der Waals surface area contributed by atoms with Crippen molar-refractivity contribution in [2.75, 3.05) is 32.0 Å². The SMILES string of the molecule is COc1ccc(S(=O)(=O)CCCC(=O)N(Cc2cccnc2)c2nc3c(OC)ccc(OC)c3s2)cc1. The Morgan fingerprint density at radius 3 is 2.35 bits per heavy atom. The molecular formula is C26H27N3O6S2. The maximum Gasteiger partial charge on any atom is 0.229 e. The fourth-order valence-corrected chi connectivity index (χ4v) is 6.18. The number of aromatic nitrogens is 2. The van der Waals surface area contributed by atoms with Gasteiger partial charge in [-0.15, -0.1) is 0 Å². The third-order valence-electron chi connectivity index (χ3n) is 5.72. The molecule has 2 aromatic heterocycles. The second-order valence-electron chi connectivity index (χ2n) is 8.08. The summed E-state index contributed by atoms with van der Waals surface area (Å²) in [5.74, 6) is 1.36. The number of ether oxygens (including phenoxy) is 3. The monoisotopic (exact) mass is 541 g/mol. The van der Waals surface area contributed by atoms with Gasteiger partial charge in [0, 0.05) is 18.8 Å². The normalized spacial score (nSPS) is 11.3. The lowest BCUT2D eigenvalue weighted by Gasteiger charge is -2.20. The van der Waals surface area contributed by atoms with E-state index in [-0.39, 0.29) is 35.9 Å². The van der Waals surface area contributed by atoms with Crippen molar-refractivity contribution in [3.05, 3.63) is 66.5 Å². The first-order valence-electron chi connectivity index (χ1n) is 11.4. The number of pyridine rings is 1. The number of carbonyl (C=O) groups excluding carboxylic acids is 1. The van der Waals surface area contributed by atoms with E-state index in [9.17, 15) is 13.2 Å². The van der Waals surface area contributed by atoms with Gasteiger partial charge in [-0.2, -0.15) is 0 Å². The van der Waals surface area contributed by atoms with Crippen molar-refractivity contribution in [2.24, 2.45) is 0 Å². The van der Waals surface area contributed by atoms with E-state index < -0.39 is 9.84 Å². The Balaban J connectivity index is 1.57. The minimum absolute atomic E-state index is 0.0276. The number of benzene rings is 2. The van der Waals surface area contributed by atoms with Crippen molar-refractivity contribution in [3.63, 3.8) is 0 Å². The second-order valence-corrected chi connectivity index (χ2v) is 11.2. The Labute approximate surface area is 219 Å². The molecule has 0 bridgehead atoms. The topological polar surface area (TPSA) is 108 Å². The smallest absolute Gasteiger partial charge is 0.229 e. The molecular weight excluding hydrogens is 514 g/mol. The van der Waals surface area contributed by atoms with E-state index in [1.807, 2.05) is 6.07 Å². The zero-order valence-corrected chi connectivity index (χ0v) is 22.3. The summed E-state index contributed by atoms with van der Waals surface area (Å²) in [5, 5.41) is 0.463. The summed E-state index contributed by atoms with van der Waals surface area (Å²) in [6, 6.07) is 13.4. The highest BCUT2D eigenvalue weighted by atomic mass is 32.2. The lowest BCUT2D eigenvalue weighted by atomic mass is 10.2. The molecule has 9 nitrogen and oxygen atoms in total. The average molecular weight is 542 g/mol. The van der Waals surface area contributed by atoms with Crippen molar-refractivity contribution in [1.82, 2.24) is 9.97 Å². The van der Waals surface area contributed by atoms with Gasteiger partial charge >= 0.3 is 0 Å². The number of nitrogens with zero attached hydrogens (tertiary/aromatic N) is 3. The zero-order valence-electron chi connectivity index (χ0n) is 20.7. The first kappa shape index (κ1) is 26.4. The maximum absolute atomic E-state index is 13.4. The number of hydrogen-bond donors (Lipinski definition) is 0. The number of thiazole rings is 1. The number of methoxy groups -OCH3 is 3. The highest BCUT2D eigenvalue weighted by molar-refractivity contribution is 7.91. The van der Waals surface area contributed by atoms with Crippen LogP contribution in [0.1, 0.15) is 18.4 Å². The molecule has 0 aliphatic carbocycles. The van der Waals surface area contributed by atoms with Gasteiger partial charge in [-0.3, -0.25) is 14.7 Å². The second kappa shape index (κ2) is 11.6. The molecule has 0 spiro atoms. The van der Waals surface area contributed by atoms with Gasteiger partial charge in [0.05, 0.1) is 38.5 Å². The highest BCUT2D eigenvalue weighted by Crippen LogP contribution is 2.40. The Morgan fingerprint density at radius 2 is 1.70 bits per heavy atom. The van der Waals surface area contributed by atoms with Crippen LogP contribution in [0.3, 0.4) is 0 Å². The molecule has 2 heterocycles. The molecule has 2 aromatic carbocycles. The summed E-state index contributed by atoms with van der Waals surface area (Å²) < 4.78 is 42.4. The van der Waals surface area contributed by atoms with Gasteiger partial charge in [0.2, 0.25) is 5.91 Å². The fraction of sp³-hybridized carbons (Fsp3) is 0.269. The standard InChI is InChI=1S/C26H27N3O6S2/c1-33-19-8-10-20(11-9-19)37(31,32)15-5-7-23(30)29(17-18-6-4-14-27-16-18)26-28-24-21(34-2)12-13-22(35-3)25(24)36-26/h4,6,8-14,16H,5,7,15,17H2,1-3H3. The van der Waals surface area contributed by atoms with Crippen LogP contribution in [-0.2, 0) is 21.2 Å². The maximum atomic E-state index is 13.4. The summed E-state index contributed by atoms with van der Waals surface area (Å²) >= 11 is 1.31. The fourth-order valence-electron chi connectivity index (χ4n) is 3.78. The molecule has 4 aromatic rings. The van der Waals surface area contributed by atoms with E-state index in [2.05, 4.69) is 4.98 Å². The summed E-state index contributed by atoms with van der Waals surface area (Å²) in [5.41, 5.74) is 1.41. The largest absolute Gasteiger partial charge is 0.497 e. The van der Waals surface area contributed by atoms with Crippen LogP contribution in [0.5, 0.6) is 17.2 Å². The molecule has 194 valence electrons. The highest BCUT2D eigenvalue weighted by Gasteiger charge is 2.24. The Morgan fingerprint density at radius 1 is 0.973 bits per heavy atom. The number of carbonyl (C=O) groups is 1. The van der Waals surface area contributed by atoms with Crippen LogP contribution < -0.4 is 19.1 Å². The third kappa shape index (κ3) is 6.00. The first-order chi connectivity index (χ1) is 17.9. The lowest BCUT2D eigenvalue weighted by Crippen LogP contribution is -2.30.